The second-order valence-corrected chi connectivity index (χ2v) is 3.09. The molecule has 0 bridgehead atoms. The topological polar surface area (TPSA) is 60.2 Å². The van der Waals surface area contributed by atoms with Crippen molar-refractivity contribution in [3.63, 3.8) is 0 Å². The number of nitrogen functional groups attached to an aromatic ring is 1. The van der Waals surface area contributed by atoms with Crippen LogP contribution >= 0.6 is 0 Å². The molecule has 3 N–H and O–H groups in total. The third-order valence-corrected chi connectivity index (χ3v) is 1.80. The van der Waals surface area contributed by atoms with E-state index in [2.05, 4.69) is 10.3 Å². The molecular weight excluding hydrogens is 223 g/mol. The van der Waals surface area contributed by atoms with Gasteiger partial charge in [-0.1, -0.05) is 0 Å². The van der Waals surface area contributed by atoms with Gasteiger partial charge in [-0.15, -0.1) is 0 Å². The fourth-order valence-corrected chi connectivity index (χ4v) is 1.05. The Labute approximate surface area is 90.6 Å². The summed E-state index contributed by atoms with van der Waals surface area (Å²) in [5.74, 6) is 0.493. The third kappa shape index (κ3) is 3.84. The van der Waals surface area contributed by atoms with Crippen molar-refractivity contribution in [2.75, 3.05) is 24.7 Å². The molecule has 0 aliphatic carbocycles. The molecule has 0 unspecified atom stereocenters. The first-order chi connectivity index (χ1) is 7.42. The van der Waals surface area contributed by atoms with Crippen molar-refractivity contribution in [1.82, 2.24) is 4.98 Å². The zero-order chi connectivity index (χ0) is 12.2. The molecule has 4 nitrogen and oxygen atoms in total. The summed E-state index contributed by atoms with van der Waals surface area (Å²) in [5.41, 5.74) is 5.84. The van der Waals surface area contributed by atoms with E-state index in [0.29, 0.717) is 11.5 Å². The van der Waals surface area contributed by atoms with Gasteiger partial charge in [-0.3, -0.25) is 0 Å². The monoisotopic (exact) mass is 235 g/mol. The molecule has 0 saturated carbocycles. The van der Waals surface area contributed by atoms with Gasteiger partial charge in [0.15, 0.2) is 0 Å². The number of aromatic nitrogens is 1. The molecule has 1 aromatic rings. The molecule has 0 radical (unpaired) electrons. The van der Waals surface area contributed by atoms with E-state index in [1.807, 2.05) is 0 Å². The number of nitrogens with two attached hydrogens (primary N) is 1. The lowest BCUT2D eigenvalue weighted by Crippen LogP contribution is -2.15. The van der Waals surface area contributed by atoms with Gasteiger partial charge in [0.1, 0.15) is 5.82 Å². The number of anilines is 2. The maximum Gasteiger partial charge on any atom is 0.390 e. The number of hydrogen-bond acceptors (Lipinski definition) is 4. The Kier molecular flexibility index (Phi) is 3.81. The van der Waals surface area contributed by atoms with Gasteiger partial charge in [0.25, 0.3) is 0 Å². The standard InChI is InChI=1S/C9H12F3N3O/c1-16-8-6(13)2-3-7(15-8)14-5-4-9(10,11)12/h2-3H,4-5,13H2,1H3,(H,14,15). The van der Waals surface area contributed by atoms with Crippen LogP contribution in [0.4, 0.5) is 24.7 Å². The minimum Gasteiger partial charge on any atom is -0.479 e. The fraction of sp³-hybridized carbons (Fsp3) is 0.444. The van der Waals surface area contributed by atoms with Gasteiger partial charge < -0.3 is 15.8 Å². The lowest BCUT2D eigenvalue weighted by Gasteiger charge is -2.09. The third-order valence-electron chi connectivity index (χ3n) is 1.80. The molecule has 1 rings (SSSR count). The maximum atomic E-state index is 11.9. The molecule has 0 amide bonds. The minimum absolute atomic E-state index is 0.192. The molecule has 0 aliphatic heterocycles. The van der Waals surface area contributed by atoms with Crippen LogP contribution in [0.3, 0.4) is 0 Å². The van der Waals surface area contributed by atoms with Crippen molar-refractivity contribution in [2.45, 2.75) is 12.6 Å². The highest BCUT2D eigenvalue weighted by Crippen LogP contribution is 2.22. The number of nitrogens with one attached hydrogen (secondary N) is 1. The van der Waals surface area contributed by atoms with Crippen LogP contribution in [0.15, 0.2) is 12.1 Å². The van der Waals surface area contributed by atoms with Gasteiger partial charge in [0.2, 0.25) is 5.88 Å². The first-order valence-electron chi connectivity index (χ1n) is 4.53. The summed E-state index contributed by atoms with van der Waals surface area (Å²) in [7, 11) is 1.39. The average Bonchev–Trinajstić information content (AvgIpc) is 2.18. The van der Waals surface area contributed by atoms with Gasteiger partial charge >= 0.3 is 6.18 Å². The van der Waals surface area contributed by atoms with E-state index in [4.69, 9.17) is 10.5 Å². The smallest absolute Gasteiger partial charge is 0.390 e. The SMILES string of the molecule is COc1nc(NCCC(F)(F)F)ccc1N. The molecule has 90 valence electrons. The Bertz CT molecular complexity index is 354. The van der Waals surface area contributed by atoms with E-state index in [9.17, 15) is 13.2 Å². The molecule has 16 heavy (non-hydrogen) atoms. The summed E-state index contributed by atoms with van der Waals surface area (Å²) in [6.45, 7) is -0.233. The molecule has 0 fully saturated rings. The molecule has 0 spiro atoms. The van der Waals surface area contributed by atoms with Gasteiger partial charge in [-0.25, -0.2) is 0 Å². The quantitative estimate of drug-likeness (QED) is 0.838. The molecule has 0 aromatic carbocycles. The largest absolute Gasteiger partial charge is 0.479 e. The van der Waals surface area contributed by atoms with Gasteiger partial charge in [0.05, 0.1) is 19.2 Å². The molecule has 7 heteroatoms. The first kappa shape index (κ1) is 12.4. The molecule has 1 heterocycles. The molecule has 0 aliphatic rings. The van der Waals surface area contributed by atoms with Crippen LogP contribution in [0.2, 0.25) is 0 Å². The van der Waals surface area contributed by atoms with Crippen molar-refractivity contribution in [3.05, 3.63) is 12.1 Å². The minimum atomic E-state index is -4.18. The number of ether oxygens (including phenoxy) is 1. The zero-order valence-electron chi connectivity index (χ0n) is 8.64. The van der Waals surface area contributed by atoms with E-state index >= 15 is 0 Å². The van der Waals surface area contributed by atoms with Crippen LogP contribution in [0.1, 0.15) is 6.42 Å². The highest BCUT2D eigenvalue weighted by atomic mass is 19.4. The summed E-state index contributed by atoms with van der Waals surface area (Å²) in [5, 5.41) is 2.54. The average molecular weight is 235 g/mol. The van der Waals surface area contributed by atoms with E-state index < -0.39 is 12.6 Å². The predicted octanol–water partition coefficient (Wildman–Crippen LogP) is 2.04. The van der Waals surface area contributed by atoms with Crippen molar-refractivity contribution < 1.29 is 17.9 Å². The van der Waals surface area contributed by atoms with Gasteiger partial charge in [-0.05, 0) is 12.1 Å². The molecule has 0 atom stereocenters. The molecule has 1 aromatic heterocycles. The summed E-state index contributed by atoms with van der Waals surface area (Å²) < 4.78 is 40.4. The van der Waals surface area contributed by atoms with Crippen molar-refractivity contribution in [2.24, 2.45) is 0 Å². The molecular formula is C9H12F3N3O. The summed E-state index contributed by atoms with van der Waals surface area (Å²) in [4.78, 5) is 3.88. The number of rotatable bonds is 4. The van der Waals surface area contributed by atoms with E-state index in [-0.39, 0.29) is 12.4 Å². The lowest BCUT2D eigenvalue weighted by atomic mass is 10.3. The highest BCUT2D eigenvalue weighted by molar-refractivity contribution is 5.53. The van der Waals surface area contributed by atoms with Crippen LogP contribution in [-0.2, 0) is 0 Å². The Morgan fingerprint density at radius 3 is 2.69 bits per heavy atom. The summed E-state index contributed by atoms with van der Waals surface area (Å²) in [6, 6.07) is 3.01. The van der Waals surface area contributed by atoms with E-state index in [1.54, 1.807) is 0 Å². The number of halogens is 3. The van der Waals surface area contributed by atoms with Crippen molar-refractivity contribution in [1.29, 1.82) is 0 Å². The number of methoxy groups -OCH3 is 1. The number of pyridine rings is 1. The van der Waals surface area contributed by atoms with Crippen LogP contribution in [0.25, 0.3) is 0 Å². The van der Waals surface area contributed by atoms with Gasteiger partial charge in [-0.2, -0.15) is 18.2 Å². The van der Waals surface area contributed by atoms with Crippen LogP contribution < -0.4 is 15.8 Å². The second-order valence-electron chi connectivity index (χ2n) is 3.09. The van der Waals surface area contributed by atoms with Crippen LogP contribution in [0.5, 0.6) is 5.88 Å². The predicted molar refractivity (Wildman–Crippen MR) is 54.4 cm³/mol. The fourth-order valence-electron chi connectivity index (χ4n) is 1.05. The number of nitrogens with zero attached hydrogens (tertiary/aromatic N) is 1. The Hall–Kier alpha value is -1.66. The van der Waals surface area contributed by atoms with Crippen LogP contribution in [-0.4, -0.2) is 24.8 Å². The lowest BCUT2D eigenvalue weighted by molar-refractivity contribution is -0.131. The summed E-state index contributed by atoms with van der Waals surface area (Å²) in [6.07, 6.45) is -5.09. The highest BCUT2D eigenvalue weighted by Gasteiger charge is 2.26. The first-order valence-corrected chi connectivity index (χ1v) is 4.53. The Balaban J connectivity index is 2.55. The van der Waals surface area contributed by atoms with Crippen LogP contribution in [0, 0.1) is 0 Å². The zero-order valence-corrected chi connectivity index (χ0v) is 8.64. The number of alkyl halides is 3. The maximum absolute atomic E-state index is 11.9. The van der Waals surface area contributed by atoms with E-state index in [1.165, 1.54) is 19.2 Å². The summed E-state index contributed by atoms with van der Waals surface area (Å²) >= 11 is 0. The second kappa shape index (κ2) is 4.91. The normalized spacial score (nSPS) is 11.2. The van der Waals surface area contributed by atoms with Crippen molar-refractivity contribution >= 4 is 11.5 Å². The Morgan fingerprint density at radius 1 is 1.44 bits per heavy atom. The van der Waals surface area contributed by atoms with Crippen molar-refractivity contribution in [3.8, 4) is 5.88 Å². The van der Waals surface area contributed by atoms with Gasteiger partial charge in [0, 0.05) is 6.54 Å². The molecule has 0 saturated heterocycles. The van der Waals surface area contributed by atoms with E-state index in [0.717, 1.165) is 0 Å². The number of hydrogen-bond donors (Lipinski definition) is 2. The Morgan fingerprint density at radius 2 is 2.12 bits per heavy atom.